The van der Waals surface area contributed by atoms with Gasteiger partial charge >= 0.3 is 0 Å². The number of thiazole rings is 1. The monoisotopic (exact) mass is 289 g/mol. The summed E-state index contributed by atoms with van der Waals surface area (Å²) in [6.45, 7) is 8.22. The molecule has 0 aliphatic heterocycles. The molecule has 0 amide bonds. The van der Waals surface area contributed by atoms with Crippen LogP contribution in [0.3, 0.4) is 0 Å². The molecular formula is C16H23N3S. The van der Waals surface area contributed by atoms with Crippen molar-refractivity contribution in [2.75, 3.05) is 11.9 Å². The van der Waals surface area contributed by atoms with Gasteiger partial charge in [-0.1, -0.05) is 43.7 Å². The number of aromatic nitrogens is 1. The van der Waals surface area contributed by atoms with Gasteiger partial charge in [0.05, 0.1) is 0 Å². The molecule has 0 aliphatic carbocycles. The number of aryl methyl sites for hydroxylation is 1. The second-order valence-corrected chi connectivity index (χ2v) is 6.58. The highest BCUT2D eigenvalue weighted by Gasteiger charge is 2.08. The molecule has 3 nitrogen and oxygen atoms in total. The van der Waals surface area contributed by atoms with E-state index < -0.39 is 0 Å². The van der Waals surface area contributed by atoms with Gasteiger partial charge in [0.15, 0.2) is 5.13 Å². The number of nitrogens with zero attached hydrogens (tertiary/aromatic N) is 2. The van der Waals surface area contributed by atoms with E-state index in [1.807, 2.05) is 6.20 Å². The van der Waals surface area contributed by atoms with Crippen LogP contribution in [-0.4, -0.2) is 18.1 Å². The van der Waals surface area contributed by atoms with Crippen LogP contribution in [0.2, 0.25) is 0 Å². The van der Waals surface area contributed by atoms with E-state index in [-0.39, 0.29) is 0 Å². The lowest BCUT2D eigenvalue weighted by atomic mass is 10.1. The summed E-state index contributed by atoms with van der Waals surface area (Å²) in [7, 11) is 2.10. The van der Waals surface area contributed by atoms with Gasteiger partial charge in [0.25, 0.3) is 0 Å². The number of nitrogens with one attached hydrogen (secondary N) is 1. The summed E-state index contributed by atoms with van der Waals surface area (Å²) in [6, 6.07) is 9.18. The number of anilines is 1. The third-order valence-corrected chi connectivity index (χ3v) is 4.20. The van der Waals surface area contributed by atoms with Gasteiger partial charge in [-0.15, -0.1) is 11.3 Å². The quantitative estimate of drug-likeness (QED) is 0.881. The third-order valence-electron chi connectivity index (χ3n) is 3.09. The van der Waals surface area contributed by atoms with E-state index in [2.05, 4.69) is 67.3 Å². The average molecular weight is 289 g/mol. The van der Waals surface area contributed by atoms with Crippen molar-refractivity contribution in [2.45, 2.75) is 39.9 Å². The molecule has 0 radical (unpaired) electrons. The Morgan fingerprint density at radius 3 is 2.60 bits per heavy atom. The molecule has 108 valence electrons. The molecule has 0 saturated heterocycles. The molecule has 4 heteroatoms. The Balaban J connectivity index is 1.95. The predicted octanol–water partition coefficient (Wildman–Crippen LogP) is 3.59. The maximum Gasteiger partial charge on any atom is 0.185 e. The van der Waals surface area contributed by atoms with Crippen molar-refractivity contribution in [3.63, 3.8) is 0 Å². The molecule has 1 aromatic heterocycles. The van der Waals surface area contributed by atoms with Crippen LogP contribution in [0.1, 0.15) is 29.9 Å². The third kappa shape index (κ3) is 4.32. The van der Waals surface area contributed by atoms with E-state index in [9.17, 15) is 0 Å². The molecule has 1 heterocycles. The second kappa shape index (κ2) is 6.86. The molecule has 2 rings (SSSR count). The molecular weight excluding hydrogens is 266 g/mol. The second-order valence-electron chi connectivity index (χ2n) is 5.49. The minimum absolute atomic E-state index is 0.505. The van der Waals surface area contributed by atoms with Crippen LogP contribution in [0, 0.1) is 6.92 Å². The molecule has 0 fully saturated rings. The molecule has 0 spiro atoms. The lowest BCUT2D eigenvalue weighted by Crippen LogP contribution is -2.21. The van der Waals surface area contributed by atoms with Gasteiger partial charge in [-0.25, -0.2) is 4.98 Å². The minimum atomic E-state index is 0.505. The molecule has 0 atom stereocenters. The summed E-state index contributed by atoms with van der Waals surface area (Å²) in [5.74, 6) is 0. The first-order valence-corrected chi connectivity index (χ1v) is 7.81. The molecule has 0 aliphatic rings. The molecule has 1 aromatic carbocycles. The average Bonchev–Trinajstić information content (AvgIpc) is 2.88. The van der Waals surface area contributed by atoms with Crippen LogP contribution in [0.4, 0.5) is 5.13 Å². The highest BCUT2D eigenvalue weighted by atomic mass is 32.1. The Morgan fingerprint density at radius 2 is 1.95 bits per heavy atom. The Labute approximate surface area is 125 Å². The van der Waals surface area contributed by atoms with Gasteiger partial charge in [-0.2, -0.15) is 0 Å². The first-order valence-electron chi connectivity index (χ1n) is 6.99. The van der Waals surface area contributed by atoms with E-state index in [0.717, 1.165) is 18.2 Å². The molecule has 20 heavy (non-hydrogen) atoms. The summed E-state index contributed by atoms with van der Waals surface area (Å²) < 4.78 is 0. The number of benzene rings is 1. The molecule has 0 saturated carbocycles. The topological polar surface area (TPSA) is 28.2 Å². The zero-order valence-electron chi connectivity index (χ0n) is 12.7. The van der Waals surface area contributed by atoms with Gasteiger partial charge in [-0.3, -0.25) is 0 Å². The lowest BCUT2D eigenvalue weighted by Gasteiger charge is -2.15. The first kappa shape index (κ1) is 15.0. The van der Waals surface area contributed by atoms with Crippen molar-refractivity contribution >= 4 is 16.5 Å². The predicted molar refractivity (Wildman–Crippen MR) is 87.4 cm³/mol. The van der Waals surface area contributed by atoms with Crippen LogP contribution in [0.5, 0.6) is 0 Å². The fourth-order valence-corrected chi connectivity index (χ4v) is 2.72. The Kier molecular flexibility index (Phi) is 5.15. The zero-order chi connectivity index (χ0) is 14.5. The molecule has 0 bridgehead atoms. The van der Waals surface area contributed by atoms with Crippen molar-refractivity contribution in [3.8, 4) is 0 Å². The van der Waals surface area contributed by atoms with E-state index in [1.54, 1.807) is 11.3 Å². The van der Waals surface area contributed by atoms with E-state index in [0.29, 0.717) is 6.04 Å². The number of hydrogen-bond donors (Lipinski definition) is 1. The van der Waals surface area contributed by atoms with E-state index >= 15 is 0 Å². The Hall–Kier alpha value is -1.39. The summed E-state index contributed by atoms with van der Waals surface area (Å²) in [4.78, 5) is 8.00. The molecule has 0 unspecified atom stereocenters. The smallest absolute Gasteiger partial charge is 0.185 e. The van der Waals surface area contributed by atoms with Crippen molar-refractivity contribution in [3.05, 3.63) is 46.5 Å². The van der Waals surface area contributed by atoms with Crippen LogP contribution < -0.4 is 10.2 Å². The highest BCUT2D eigenvalue weighted by Crippen LogP contribution is 2.23. The highest BCUT2D eigenvalue weighted by molar-refractivity contribution is 7.15. The summed E-state index contributed by atoms with van der Waals surface area (Å²) in [6.07, 6.45) is 1.97. The fourth-order valence-electron chi connectivity index (χ4n) is 1.90. The van der Waals surface area contributed by atoms with E-state index in [1.165, 1.54) is 16.0 Å². The SMILES string of the molecule is Cc1ccc(CN(C)c2ncc(CNC(C)C)s2)cc1. The van der Waals surface area contributed by atoms with Crippen molar-refractivity contribution in [1.29, 1.82) is 0 Å². The first-order chi connectivity index (χ1) is 9.54. The normalized spacial score (nSPS) is 11.1. The van der Waals surface area contributed by atoms with Crippen molar-refractivity contribution in [2.24, 2.45) is 0 Å². The van der Waals surface area contributed by atoms with Crippen LogP contribution in [0.15, 0.2) is 30.5 Å². The number of rotatable bonds is 6. The van der Waals surface area contributed by atoms with Gasteiger partial charge in [0.2, 0.25) is 0 Å². The van der Waals surface area contributed by atoms with Crippen molar-refractivity contribution < 1.29 is 0 Å². The molecule has 1 N–H and O–H groups in total. The summed E-state index contributed by atoms with van der Waals surface area (Å²) >= 11 is 1.76. The Bertz CT molecular complexity index is 531. The fraction of sp³-hybridized carbons (Fsp3) is 0.438. The maximum absolute atomic E-state index is 4.51. The van der Waals surface area contributed by atoms with Gasteiger partial charge in [0.1, 0.15) is 0 Å². The maximum atomic E-state index is 4.51. The van der Waals surface area contributed by atoms with E-state index in [4.69, 9.17) is 0 Å². The van der Waals surface area contributed by atoms with Crippen molar-refractivity contribution in [1.82, 2.24) is 10.3 Å². The van der Waals surface area contributed by atoms with Crippen LogP contribution in [0.25, 0.3) is 0 Å². The summed E-state index contributed by atoms with van der Waals surface area (Å²) in [5, 5.41) is 4.50. The van der Waals surface area contributed by atoms with Gasteiger partial charge in [0, 0.05) is 37.3 Å². The zero-order valence-corrected chi connectivity index (χ0v) is 13.5. The van der Waals surface area contributed by atoms with Gasteiger partial charge < -0.3 is 10.2 Å². The van der Waals surface area contributed by atoms with Gasteiger partial charge in [-0.05, 0) is 12.5 Å². The lowest BCUT2D eigenvalue weighted by molar-refractivity contribution is 0.593. The Morgan fingerprint density at radius 1 is 1.25 bits per heavy atom. The number of hydrogen-bond acceptors (Lipinski definition) is 4. The molecule has 2 aromatic rings. The standard InChI is InChI=1S/C16H23N3S/c1-12(2)17-9-15-10-18-16(20-15)19(4)11-14-7-5-13(3)6-8-14/h5-8,10,12,17H,9,11H2,1-4H3. The van der Waals surface area contributed by atoms with Crippen LogP contribution in [-0.2, 0) is 13.1 Å². The summed E-state index contributed by atoms with van der Waals surface area (Å²) in [5.41, 5.74) is 2.61. The minimum Gasteiger partial charge on any atom is -0.347 e. The largest absolute Gasteiger partial charge is 0.347 e. The van der Waals surface area contributed by atoms with Crippen LogP contribution >= 0.6 is 11.3 Å².